The topological polar surface area (TPSA) is 162 Å². The molecule has 0 bridgehead atoms. The summed E-state index contributed by atoms with van der Waals surface area (Å²) in [6.07, 6.45) is -0.861. The number of carbonyl (C=O) groups is 1. The maximum Gasteiger partial charge on any atom is 0.353 e. The van der Waals surface area contributed by atoms with Gasteiger partial charge in [0.2, 0.25) is 0 Å². The van der Waals surface area contributed by atoms with Crippen LogP contribution in [0.15, 0.2) is 64.1 Å². The predicted molar refractivity (Wildman–Crippen MR) is 165 cm³/mol. The first kappa shape index (κ1) is 36.6. The number of aromatic nitrogens is 2. The summed E-state index contributed by atoms with van der Waals surface area (Å²) in [6, 6.07) is 10.5. The van der Waals surface area contributed by atoms with Gasteiger partial charge < -0.3 is 23.2 Å². The average Bonchev–Trinajstić information content (AvgIpc) is 3.35. The normalized spacial score (nSPS) is 21.4. The fraction of sp³-hybridized carbons (Fsp3) is 0.517. The summed E-state index contributed by atoms with van der Waals surface area (Å²) in [5.74, 6) is -1.02. The van der Waals surface area contributed by atoms with E-state index in [0.29, 0.717) is 11.0 Å². The van der Waals surface area contributed by atoms with Gasteiger partial charge in [0.1, 0.15) is 18.4 Å². The summed E-state index contributed by atoms with van der Waals surface area (Å²) in [6.45, 7) is 6.25. The standard InChI is InChI=1S/C29H39FN4O9P2/c1-20(2)34(29(3,4)15-10-16-31)44(38)43-25-22(19-30)27(42-23(25)14-18-45(39,40-5)41-6)32-17-13-24(35)33(28(32)37)26(36)21-11-8-7-9-12-21/h7-9,11-14,17-18,20,22-23,25,27,38H,10,15,19H2,1-6H3/b18-14+/t22-,23-,25+,27-,44?/m1/s1. The Kier molecular flexibility index (Phi) is 12.7. The van der Waals surface area contributed by atoms with E-state index in [1.54, 1.807) is 22.9 Å². The molecule has 16 heteroatoms. The quantitative estimate of drug-likeness (QED) is 0.281. The van der Waals surface area contributed by atoms with Gasteiger partial charge in [-0.05, 0) is 52.3 Å². The van der Waals surface area contributed by atoms with Crippen molar-refractivity contribution in [3.63, 3.8) is 0 Å². The number of halogens is 1. The van der Waals surface area contributed by atoms with Gasteiger partial charge in [0.05, 0.1) is 18.7 Å². The van der Waals surface area contributed by atoms with Crippen molar-refractivity contribution in [2.24, 2.45) is 5.92 Å². The van der Waals surface area contributed by atoms with Crippen molar-refractivity contribution >= 4 is 22.0 Å². The first-order valence-corrected chi connectivity index (χ1v) is 16.9. The van der Waals surface area contributed by atoms with Crippen molar-refractivity contribution in [3.05, 3.63) is 80.9 Å². The fourth-order valence-electron chi connectivity index (χ4n) is 5.21. The summed E-state index contributed by atoms with van der Waals surface area (Å²) in [4.78, 5) is 50.9. The molecule has 45 heavy (non-hydrogen) atoms. The predicted octanol–water partition coefficient (Wildman–Crippen LogP) is 4.58. The molecule has 1 aromatic carbocycles. The molecule has 13 nitrogen and oxygen atoms in total. The SMILES string of the molecule is COP(=O)(/C=C/[C@H]1O[C@@H](n2ccc(=O)n(C(=O)c3ccccc3)c2=O)[C@H](CF)[C@@H]1OP(O)N(C(C)C)C(C)(C)CCC#N)OC. The van der Waals surface area contributed by atoms with E-state index in [1.807, 2.05) is 27.7 Å². The zero-order valence-corrected chi connectivity index (χ0v) is 27.8. The Morgan fingerprint density at radius 3 is 2.44 bits per heavy atom. The van der Waals surface area contributed by atoms with Gasteiger partial charge in [-0.1, -0.05) is 18.2 Å². The van der Waals surface area contributed by atoms with Crippen LogP contribution in [0.25, 0.3) is 0 Å². The van der Waals surface area contributed by atoms with Gasteiger partial charge in [-0.15, -0.1) is 0 Å². The molecule has 0 radical (unpaired) electrons. The Balaban J connectivity index is 2.10. The molecule has 2 heterocycles. The molecule has 5 atom stereocenters. The third-order valence-corrected chi connectivity index (χ3v) is 10.8. The van der Waals surface area contributed by atoms with Gasteiger partial charge in [0.25, 0.3) is 20.0 Å². The third kappa shape index (κ3) is 8.30. The van der Waals surface area contributed by atoms with Crippen LogP contribution in [0.4, 0.5) is 4.39 Å². The van der Waals surface area contributed by atoms with Gasteiger partial charge in [-0.2, -0.15) is 9.83 Å². The van der Waals surface area contributed by atoms with Crippen LogP contribution in [0.1, 0.15) is 57.1 Å². The Labute approximate surface area is 262 Å². The Hall–Kier alpha value is -2.85. The molecule has 1 aliphatic heterocycles. The fourth-order valence-corrected chi connectivity index (χ4v) is 7.53. The van der Waals surface area contributed by atoms with Crippen LogP contribution in [-0.4, -0.2) is 69.3 Å². The number of alkyl halides is 1. The molecule has 1 unspecified atom stereocenters. The first-order valence-electron chi connectivity index (χ1n) is 14.1. The highest BCUT2D eigenvalue weighted by molar-refractivity contribution is 7.57. The van der Waals surface area contributed by atoms with Crippen molar-refractivity contribution < 1.29 is 37.0 Å². The highest BCUT2D eigenvalue weighted by atomic mass is 31.2. The number of hydrogen-bond acceptors (Lipinski definition) is 11. The van der Waals surface area contributed by atoms with E-state index in [2.05, 4.69) is 6.07 Å². The van der Waals surface area contributed by atoms with Gasteiger partial charge in [0, 0.05) is 55.9 Å². The zero-order valence-electron chi connectivity index (χ0n) is 26.0. The van der Waals surface area contributed by atoms with Crippen LogP contribution >= 0.6 is 16.1 Å². The van der Waals surface area contributed by atoms with Crippen LogP contribution < -0.4 is 11.2 Å². The number of nitrogens with zero attached hydrogens (tertiary/aromatic N) is 4. The van der Waals surface area contributed by atoms with Gasteiger partial charge in [-0.25, -0.2) is 9.46 Å². The highest BCUT2D eigenvalue weighted by Crippen LogP contribution is 2.52. The van der Waals surface area contributed by atoms with Gasteiger partial charge in [0.15, 0.2) is 0 Å². The lowest BCUT2D eigenvalue weighted by Gasteiger charge is -2.43. The monoisotopic (exact) mass is 668 g/mol. The molecule has 2 aromatic rings. The molecule has 3 rings (SSSR count). The Morgan fingerprint density at radius 2 is 1.89 bits per heavy atom. The molecule has 1 fully saturated rings. The minimum absolute atomic E-state index is 0.0828. The number of nitriles is 1. The molecule has 1 aromatic heterocycles. The highest BCUT2D eigenvalue weighted by Gasteiger charge is 2.49. The first-order chi connectivity index (χ1) is 21.2. The molecular formula is C29H39FN4O9P2. The van der Waals surface area contributed by atoms with E-state index < -0.39 is 69.8 Å². The molecule has 246 valence electrons. The minimum atomic E-state index is -3.73. The minimum Gasteiger partial charge on any atom is -0.347 e. The molecule has 0 spiro atoms. The number of hydrogen-bond donors (Lipinski definition) is 1. The van der Waals surface area contributed by atoms with Crippen LogP contribution in [0.3, 0.4) is 0 Å². The molecule has 0 saturated carbocycles. The Bertz CT molecular complexity index is 1550. The number of benzene rings is 1. The average molecular weight is 669 g/mol. The summed E-state index contributed by atoms with van der Waals surface area (Å²) in [5.41, 5.74) is -2.59. The van der Waals surface area contributed by atoms with E-state index >= 15 is 0 Å². The molecule has 1 saturated heterocycles. The van der Waals surface area contributed by atoms with E-state index in [4.69, 9.17) is 23.6 Å². The summed E-state index contributed by atoms with van der Waals surface area (Å²) in [7, 11) is -3.81. The largest absolute Gasteiger partial charge is 0.353 e. The number of ether oxygens (including phenoxy) is 1. The van der Waals surface area contributed by atoms with Crippen molar-refractivity contribution in [1.29, 1.82) is 5.26 Å². The second-order valence-corrected chi connectivity index (χ2v) is 14.4. The maximum absolute atomic E-state index is 14.9. The summed E-state index contributed by atoms with van der Waals surface area (Å²) < 4.78 is 52.9. The van der Waals surface area contributed by atoms with Crippen molar-refractivity contribution in [2.75, 3.05) is 20.9 Å². The summed E-state index contributed by atoms with van der Waals surface area (Å²) >= 11 is 0. The van der Waals surface area contributed by atoms with Crippen molar-refractivity contribution in [3.8, 4) is 6.07 Å². The molecule has 0 amide bonds. The van der Waals surface area contributed by atoms with E-state index in [1.165, 1.54) is 32.4 Å². The lowest BCUT2D eigenvalue weighted by atomic mass is 9.98. The Morgan fingerprint density at radius 1 is 1.24 bits per heavy atom. The zero-order chi connectivity index (χ0) is 33.5. The molecule has 0 aliphatic carbocycles. The molecule has 1 N–H and O–H groups in total. The second kappa shape index (κ2) is 15.6. The van der Waals surface area contributed by atoms with Crippen LogP contribution in [0.5, 0.6) is 0 Å². The van der Waals surface area contributed by atoms with Gasteiger partial charge in [-0.3, -0.25) is 23.1 Å². The number of carbonyl (C=O) groups excluding carboxylic acids is 1. The smallest absolute Gasteiger partial charge is 0.347 e. The van der Waals surface area contributed by atoms with E-state index in [9.17, 15) is 28.2 Å². The van der Waals surface area contributed by atoms with Gasteiger partial charge >= 0.3 is 13.3 Å². The third-order valence-electron chi connectivity index (χ3n) is 7.42. The van der Waals surface area contributed by atoms with Crippen molar-refractivity contribution in [2.45, 2.75) is 70.6 Å². The maximum atomic E-state index is 14.9. The van der Waals surface area contributed by atoms with Crippen LogP contribution in [0.2, 0.25) is 0 Å². The van der Waals surface area contributed by atoms with E-state index in [-0.39, 0.29) is 18.0 Å². The van der Waals surface area contributed by atoms with Crippen molar-refractivity contribution in [1.82, 2.24) is 13.8 Å². The lowest BCUT2D eigenvalue weighted by molar-refractivity contribution is -0.00493. The summed E-state index contributed by atoms with van der Waals surface area (Å²) in [5, 5.41) is 9.14. The van der Waals surface area contributed by atoms with E-state index in [0.717, 1.165) is 22.6 Å². The molecular weight excluding hydrogens is 629 g/mol. The van der Waals surface area contributed by atoms with Crippen LogP contribution in [0, 0.1) is 17.2 Å². The molecule has 1 aliphatic rings. The number of rotatable bonds is 14. The second-order valence-electron chi connectivity index (χ2n) is 11.1. The lowest BCUT2D eigenvalue weighted by Crippen LogP contribution is -2.46. The van der Waals surface area contributed by atoms with Crippen LogP contribution in [-0.2, 0) is 22.9 Å².